The highest BCUT2D eigenvalue weighted by Crippen LogP contribution is 2.05. The molecular weight excluding hydrogens is 218 g/mol. The van der Waals surface area contributed by atoms with Crippen molar-refractivity contribution in [2.75, 3.05) is 13.2 Å². The van der Waals surface area contributed by atoms with Gasteiger partial charge in [-0.1, -0.05) is 29.8 Å². The Bertz CT molecular complexity index is 344. The predicted octanol–water partition coefficient (Wildman–Crippen LogP) is 0.397. The summed E-state index contributed by atoms with van der Waals surface area (Å²) in [4.78, 5) is 11.5. The lowest BCUT2D eigenvalue weighted by Crippen LogP contribution is -2.40. The molecular formula is C13H19NO3. The van der Waals surface area contributed by atoms with Crippen molar-refractivity contribution in [1.29, 1.82) is 0 Å². The van der Waals surface area contributed by atoms with E-state index in [1.807, 2.05) is 31.2 Å². The minimum Gasteiger partial charge on any atom is -0.394 e. The number of amides is 1. The van der Waals surface area contributed by atoms with Crippen LogP contribution in [0.3, 0.4) is 0 Å². The quantitative estimate of drug-likeness (QED) is 0.670. The van der Waals surface area contributed by atoms with E-state index < -0.39 is 6.04 Å². The van der Waals surface area contributed by atoms with Crippen molar-refractivity contribution in [3.8, 4) is 0 Å². The molecule has 3 N–H and O–H groups in total. The molecule has 0 spiro atoms. The Labute approximate surface area is 101 Å². The molecule has 0 fully saturated rings. The Morgan fingerprint density at radius 1 is 1.24 bits per heavy atom. The molecule has 4 heteroatoms. The standard InChI is InChI=1S/C13H19NO3/c1-10-2-4-11(5-3-10)6-7-13(17)14-12(8-15)9-16/h2-5,12,15-16H,6-9H2,1H3,(H,14,17). The molecule has 94 valence electrons. The number of rotatable bonds is 6. The third-order valence-electron chi connectivity index (χ3n) is 2.57. The summed E-state index contributed by atoms with van der Waals surface area (Å²) in [6.07, 6.45) is 1.02. The zero-order valence-corrected chi connectivity index (χ0v) is 10.0. The molecule has 0 saturated heterocycles. The summed E-state index contributed by atoms with van der Waals surface area (Å²) in [5.74, 6) is -0.154. The van der Waals surface area contributed by atoms with E-state index in [4.69, 9.17) is 10.2 Å². The first kappa shape index (κ1) is 13.7. The van der Waals surface area contributed by atoms with Crippen LogP contribution in [0.25, 0.3) is 0 Å². The SMILES string of the molecule is Cc1ccc(CCC(=O)NC(CO)CO)cc1. The molecule has 0 saturated carbocycles. The molecule has 4 nitrogen and oxygen atoms in total. The van der Waals surface area contributed by atoms with Crippen LogP contribution in [0.1, 0.15) is 17.5 Å². The minimum absolute atomic E-state index is 0.154. The van der Waals surface area contributed by atoms with Gasteiger partial charge in [-0.05, 0) is 18.9 Å². The summed E-state index contributed by atoms with van der Waals surface area (Å²) in [6.45, 7) is 1.53. The van der Waals surface area contributed by atoms with Gasteiger partial charge in [0.25, 0.3) is 0 Å². The fourth-order valence-electron chi connectivity index (χ4n) is 1.46. The molecule has 0 aliphatic heterocycles. The van der Waals surface area contributed by atoms with Crippen molar-refractivity contribution in [3.63, 3.8) is 0 Å². The number of carbonyl (C=O) groups is 1. The van der Waals surface area contributed by atoms with Gasteiger partial charge in [0.05, 0.1) is 19.3 Å². The largest absolute Gasteiger partial charge is 0.394 e. The second-order valence-corrected chi connectivity index (χ2v) is 4.12. The van der Waals surface area contributed by atoms with E-state index >= 15 is 0 Å². The highest BCUT2D eigenvalue weighted by atomic mass is 16.3. The van der Waals surface area contributed by atoms with Crippen LogP contribution in [-0.4, -0.2) is 35.4 Å². The Balaban J connectivity index is 2.35. The van der Waals surface area contributed by atoms with Gasteiger partial charge in [0, 0.05) is 6.42 Å². The number of aliphatic hydroxyl groups is 2. The fourth-order valence-corrected chi connectivity index (χ4v) is 1.46. The zero-order valence-electron chi connectivity index (χ0n) is 10.0. The van der Waals surface area contributed by atoms with Gasteiger partial charge < -0.3 is 15.5 Å². The Kier molecular flexibility index (Phi) is 5.66. The van der Waals surface area contributed by atoms with Crippen molar-refractivity contribution in [2.45, 2.75) is 25.8 Å². The number of hydrogen-bond donors (Lipinski definition) is 3. The van der Waals surface area contributed by atoms with E-state index in [1.54, 1.807) is 0 Å². The molecule has 0 heterocycles. The monoisotopic (exact) mass is 237 g/mol. The van der Waals surface area contributed by atoms with Crippen LogP contribution in [0.5, 0.6) is 0 Å². The topological polar surface area (TPSA) is 69.6 Å². The zero-order chi connectivity index (χ0) is 12.7. The molecule has 1 aromatic rings. The normalized spacial score (nSPS) is 10.6. The molecule has 1 aromatic carbocycles. The molecule has 0 aliphatic carbocycles. The van der Waals surface area contributed by atoms with Gasteiger partial charge in [0.2, 0.25) is 5.91 Å². The second-order valence-electron chi connectivity index (χ2n) is 4.12. The number of aryl methyl sites for hydroxylation is 2. The van der Waals surface area contributed by atoms with Crippen LogP contribution in [0.2, 0.25) is 0 Å². The molecule has 0 unspecified atom stereocenters. The van der Waals surface area contributed by atoms with Crippen LogP contribution in [0, 0.1) is 6.92 Å². The highest BCUT2D eigenvalue weighted by Gasteiger charge is 2.09. The summed E-state index contributed by atoms with van der Waals surface area (Å²) in [5, 5.41) is 20.2. The molecule has 0 bridgehead atoms. The fraction of sp³-hybridized carbons (Fsp3) is 0.462. The van der Waals surface area contributed by atoms with Crippen LogP contribution in [-0.2, 0) is 11.2 Å². The van der Waals surface area contributed by atoms with Gasteiger partial charge in [0.1, 0.15) is 0 Å². The smallest absolute Gasteiger partial charge is 0.220 e. The van der Waals surface area contributed by atoms with Gasteiger partial charge >= 0.3 is 0 Å². The summed E-state index contributed by atoms with van der Waals surface area (Å²) in [5.41, 5.74) is 2.30. The van der Waals surface area contributed by atoms with E-state index in [0.717, 1.165) is 5.56 Å². The van der Waals surface area contributed by atoms with E-state index in [-0.39, 0.29) is 19.1 Å². The molecule has 0 aliphatic rings. The first-order chi connectivity index (χ1) is 8.15. The maximum Gasteiger partial charge on any atom is 0.220 e. The third kappa shape index (κ3) is 4.97. The number of benzene rings is 1. The predicted molar refractivity (Wildman–Crippen MR) is 65.6 cm³/mol. The van der Waals surface area contributed by atoms with Gasteiger partial charge in [-0.3, -0.25) is 4.79 Å². The average Bonchev–Trinajstić information content (AvgIpc) is 2.35. The van der Waals surface area contributed by atoms with E-state index in [2.05, 4.69) is 5.32 Å². The van der Waals surface area contributed by atoms with E-state index in [1.165, 1.54) is 5.56 Å². The van der Waals surface area contributed by atoms with Crippen LogP contribution in [0.15, 0.2) is 24.3 Å². The molecule has 0 atom stereocenters. The maximum atomic E-state index is 11.5. The summed E-state index contributed by atoms with van der Waals surface area (Å²) in [6, 6.07) is 7.46. The van der Waals surface area contributed by atoms with Crippen LogP contribution < -0.4 is 5.32 Å². The first-order valence-corrected chi connectivity index (χ1v) is 5.72. The van der Waals surface area contributed by atoms with E-state index in [0.29, 0.717) is 12.8 Å². The lowest BCUT2D eigenvalue weighted by molar-refractivity contribution is -0.122. The average molecular weight is 237 g/mol. The van der Waals surface area contributed by atoms with Crippen LogP contribution in [0.4, 0.5) is 0 Å². The lowest BCUT2D eigenvalue weighted by Gasteiger charge is -2.13. The Morgan fingerprint density at radius 2 is 1.82 bits per heavy atom. The highest BCUT2D eigenvalue weighted by molar-refractivity contribution is 5.76. The molecule has 0 aromatic heterocycles. The van der Waals surface area contributed by atoms with Crippen molar-refractivity contribution in [3.05, 3.63) is 35.4 Å². The van der Waals surface area contributed by atoms with Crippen molar-refractivity contribution >= 4 is 5.91 Å². The minimum atomic E-state index is -0.555. The third-order valence-corrected chi connectivity index (χ3v) is 2.57. The van der Waals surface area contributed by atoms with Crippen molar-refractivity contribution in [1.82, 2.24) is 5.32 Å². The Morgan fingerprint density at radius 3 is 2.35 bits per heavy atom. The summed E-state index contributed by atoms with van der Waals surface area (Å²) < 4.78 is 0. The van der Waals surface area contributed by atoms with Crippen LogP contribution >= 0.6 is 0 Å². The summed E-state index contributed by atoms with van der Waals surface area (Å²) >= 11 is 0. The molecule has 1 amide bonds. The van der Waals surface area contributed by atoms with E-state index in [9.17, 15) is 4.79 Å². The molecule has 17 heavy (non-hydrogen) atoms. The van der Waals surface area contributed by atoms with Gasteiger partial charge in [-0.25, -0.2) is 0 Å². The van der Waals surface area contributed by atoms with Crippen molar-refractivity contribution < 1.29 is 15.0 Å². The van der Waals surface area contributed by atoms with Gasteiger partial charge in [-0.15, -0.1) is 0 Å². The second kappa shape index (κ2) is 7.04. The van der Waals surface area contributed by atoms with Crippen molar-refractivity contribution in [2.24, 2.45) is 0 Å². The molecule has 0 radical (unpaired) electrons. The number of aliphatic hydroxyl groups excluding tert-OH is 2. The first-order valence-electron chi connectivity index (χ1n) is 5.72. The lowest BCUT2D eigenvalue weighted by atomic mass is 10.1. The number of carbonyl (C=O) groups excluding carboxylic acids is 1. The van der Waals surface area contributed by atoms with Gasteiger partial charge in [-0.2, -0.15) is 0 Å². The maximum absolute atomic E-state index is 11.5. The van der Waals surface area contributed by atoms with Gasteiger partial charge in [0.15, 0.2) is 0 Å². The number of hydrogen-bond acceptors (Lipinski definition) is 3. The summed E-state index contributed by atoms with van der Waals surface area (Å²) in [7, 11) is 0. The number of nitrogens with one attached hydrogen (secondary N) is 1. The Hall–Kier alpha value is -1.39. The molecule has 1 rings (SSSR count).